The van der Waals surface area contributed by atoms with E-state index in [1.807, 2.05) is 0 Å². The Labute approximate surface area is 226 Å². The molecule has 2 aromatic carbocycles. The summed E-state index contributed by atoms with van der Waals surface area (Å²) in [4.78, 5) is 36.5. The quantitative estimate of drug-likeness (QED) is 0.456. The topological polar surface area (TPSA) is 119 Å². The van der Waals surface area contributed by atoms with Crippen LogP contribution in [0.5, 0.6) is 5.75 Å². The molecule has 0 aromatic heterocycles. The third-order valence-electron chi connectivity index (χ3n) is 7.55. The van der Waals surface area contributed by atoms with Crippen LogP contribution in [0.2, 0.25) is 0 Å². The summed E-state index contributed by atoms with van der Waals surface area (Å²) in [6, 6.07) is 11.6. The number of hydrogen-bond donors (Lipinski definition) is 3. The minimum atomic E-state index is -1.26. The van der Waals surface area contributed by atoms with Gasteiger partial charge in [0.05, 0.1) is 13.0 Å². The van der Waals surface area contributed by atoms with E-state index in [2.05, 4.69) is 33.3 Å². The van der Waals surface area contributed by atoms with Crippen molar-refractivity contribution in [2.45, 2.75) is 37.6 Å². The van der Waals surface area contributed by atoms with Crippen LogP contribution in [0.25, 0.3) is 0 Å². The van der Waals surface area contributed by atoms with E-state index in [0.29, 0.717) is 18.2 Å². The summed E-state index contributed by atoms with van der Waals surface area (Å²) in [5, 5.41) is 18.5. The molecule has 0 bridgehead atoms. The summed E-state index contributed by atoms with van der Waals surface area (Å²) in [6.07, 6.45) is 5.43. The normalized spacial score (nSPS) is 20.9. The molecule has 0 radical (unpaired) electrons. The molecule has 3 N–H and O–H groups in total. The third kappa shape index (κ3) is 7.21. The van der Waals surface area contributed by atoms with Crippen molar-refractivity contribution in [3.63, 3.8) is 0 Å². The zero-order valence-electron chi connectivity index (χ0n) is 21.9. The van der Waals surface area contributed by atoms with Gasteiger partial charge in [0.25, 0.3) is 0 Å². The zero-order valence-corrected chi connectivity index (χ0v) is 21.9. The van der Waals surface area contributed by atoms with E-state index in [0.717, 1.165) is 62.6 Å². The molecule has 1 aliphatic carbocycles. The van der Waals surface area contributed by atoms with Crippen LogP contribution in [0.1, 0.15) is 47.9 Å². The molecule has 10 heteroatoms. The molecule has 0 spiro atoms. The summed E-state index contributed by atoms with van der Waals surface area (Å²) >= 11 is 0. The summed E-state index contributed by atoms with van der Waals surface area (Å²) in [5.41, 5.74) is 4.45. The number of nitrogens with zero attached hydrogens (tertiary/aromatic N) is 2. The van der Waals surface area contributed by atoms with E-state index < -0.39 is 11.9 Å². The van der Waals surface area contributed by atoms with Crippen molar-refractivity contribution < 1.29 is 33.7 Å². The van der Waals surface area contributed by atoms with Gasteiger partial charge >= 0.3 is 11.9 Å². The van der Waals surface area contributed by atoms with E-state index in [1.165, 1.54) is 36.1 Å². The Morgan fingerprint density at radius 2 is 1.77 bits per heavy atom. The van der Waals surface area contributed by atoms with Gasteiger partial charge in [0.1, 0.15) is 11.6 Å². The van der Waals surface area contributed by atoms with E-state index >= 15 is 0 Å². The number of carboxylic acids is 2. The predicted octanol–water partition coefficient (Wildman–Crippen LogP) is 3.67. The van der Waals surface area contributed by atoms with Crippen LogP contribution in [-0.4, -0.2) is 77.7 Å². The van der Waals surface area contributed by atoms with E-state index in [-0.39, 0.29) is 17.6 Å². The highest BCUT2D eigenvalue weighted by atomic mass is 19.1. The molecular weight excluding hydrogens is 505 g/mol. The Hall–Kier alpha value is -3.76. The Kier molecular flexibility index (Phi) is 9.32. The molecule has 5 rings (SSSR count). The van der Waals surface area contributed by atoms with Gasteiger partial charge in [-0.05, 0) is 79.3 Å². The molecule has 9 nitrogen and oxygen atoms in total. The second-order valence-corrected chi connectivity index (χ2v) is 9.92. The number of rotatable bonds is 7. The van der Waals surface area contributed by atoms with Crippen LogP contribution >= 0.6 is 0 Å². The van der Waals surface area contributed by atoms with Crippen molar-refractivity contribution in [1.29, 1.82) is 0 Å². The lowest BCUT2D eigenvalue weighted by molar-refractivity contribution is -0.134. The summed E-state index contributed by atoms with van der Waals surface area (Å²) in [7, 11) is 1.73. The predicted molar refractivity (Wildman–Crippen MR) is 143 cm³/mol. The van der Waals surface area contributed by atoms with Crippen molar-refractivity contribution in [1.82, 2.24) is 9.80 Å². The Morgan fingerprint density at radius 3 is 2.44 bits per heavy atom. The second-order valence-electron chi connectivity index (χ2n) is 9.92. The van der Waals surface area contributed by atoms with Crippen LogP contribution in [-0.2, 0) is 20.8 Å². The Bertz CT molecular complexity index is 1230. The number of carbonyl (C=O) groups is 3. The number of carbonyl (C=O) groups excluding carboxylic acids is 1. The number of piperazine rings is 1. The van der Waals surface area contributed by atoms with Gasteiger partial charge < -0.3 is 25.2 Å². The molecule has 2 aliphatic heterocycles. The first-order chi connectivity index (χ1) is 18.7. The molecule has 208 valence electrons. The highest BCUT2D eigenvalue weighted by Gasteiger charge is 2.32. The number of aliphatic carboxylic acids is 2. The average molecular weight is 540 g/mol. The van der Waals surface area contributed by atoms with Gasteiger partial charge in [-0.3, -0.25) is 9.69 Å². The van der Waals surface area contributed by atoms with Crippen molar-refractivity contribution in [2.75, 3.05) is 45.2 Å². The summed E-state index contributed by atoms with van der Waals surface area (Å²) in [6.45, 7) is 4.92. The molecule has 0 saturated carbocycles. The Morgan fingerprint density at radius 1 is 1.05 bits per heavy atom. The third-order valence-corrected chi connectivity index (χ3v) is 7.55. The number of fused-ring (bicyclic) bond motifs is 2. The number of methoxy groups -OCH3 is 1. The lowest BCUT2D eigenvalue weighted by Gasteiger charge is -2.41. The smallest absolute Gasteiger partial charge is 0.328 e. The van der Waals surface area contributed by atoms with Gasteiger partial charge in [-0.15, -0.1) is 0 Å². The minimum absolute atomic E-state index is 0.00741. The van der Waals surface area contributed by atoms with Crippen LogP contribution in [0.4, 0.5) is 10.1 Å². The van der Waals surface area contributed by atoms with Gasteiger partial charge in [0, 0.05) is 50.1 Å². The monoisotopic (exact) mass is 539 g/mol. The molecule has 2 heterocycles. The van der Waals surface area contributed by atoms with Gasteiger partial charge in [-0.2, -0.15) is 0 Å². The number of anilines is 1. The highest BCUT2D eigenvalue weighted by molar-refractivity contribution is 6.02. The lowest BCUT2D eigenvalue weighted by Crippen LogP contribution is -2.48. The number of halogens is 1. The number of nitrogens with one attached hydrogen (secondary N) is 1. The molecule has 3 aliphatic rings. The maximum absolute atomic E-state index is 13.7. The minimum Gasteiger partial charge on any atom is -0.497 e. The molecule has 2 aromatic rings. The number of amides is 1. The SMILES string of the molecule is COc1ccc2c(c1)C(N1CCN(CCC3C(=O)Nc4ccc(F)cc43)CC1)CCC2.O=C(O)/C=C/C(=O)O. The summed E-state index contributed by atoms with van der Waals surface area (Å²) in [5.74, 6) is -2.11. The molecule has 1 saturated heterocycles. The van der Waals surface area contributed by atoms with Crippen molar-refractivity contribution in [2.24, 2.45) is 0 Å². The molecular formula is C29H34FN3O6. The Balaban J connectivity index is 0.000000386. The van der Waals surface area contributed by atoms with E-state index in [9.17, 15) is 18.8 Å². The number of carboxylic acid groups (broad SMARTS) is 2. The molecule has 39 heavy (non-hydrogen) atoms. The first kappa shape index (κ1) is 28.3. The highest BCUT2D eigenvalue weighted by Crippen LogP contribution is 2.38. The largest absolute Gasteiger partial charge is 0.497 e. The molecule has 2 atom stereocenters. The number of ether oxygens (including phenoxy) is 1. The fraction of sp³-hybridized carbons (Fsp3) is 0.414. The van der Waals surface area contributed by atoms with Gasteiger partial charge in [-0.25, -0.2) is 14.0 Å². The standard InChI is InChI=1S/C25H30FN3O2.C4H4O4/c1-31-19-7-5-17-3-2-4-24(21(17)16-19)29-13-11-28(12-14-29)10-9-20-22-15-18(26)6-8-23(22)27-25(20)30;5-3(6)1-2-4(7)8/h5-8,15-16,20,24H,2-4,9-14H2,1H3,(H,27,30);1-2H,(H,5,6)(H,7,8)/b;2-1+. The number of benzene rings is 2. The zero-order chi connectivity index (χ0) is 27.9. The molecule has 1 amide bonds. The number of aryl methyl sites for hydroxylation is 1. The molecule has 2 unspecified atom stereocenters. The van der Waals surface area contributed by atoms with Crippen LogP contribution in [0, 0.1) is 5.82 Å². The van der Waals surface area contributed by atoms with Crippen LogP contribution < -0.4 is 10.1 Å². The fourth-order valence-electron chi connectivity index (χ4n) is 5.59. The number of hydrogen-bond acceptors (Lipinski definition) is 6. The van der Waals surface area contributed by atoms with Crippen molar-refractivity contribution in [3.8, 4) is 5.75 Å². The van der Waals surface area contributed by atoms with Gasteiger partial charge in [0.2, 0.25) is 5.91 Å². The fourth-order valence-corrected chi connectivity index (χ4v) is 5.59. The van der Waals surface area contributed by atoms with E-state index in [1.54, 1.807) is 13.2 Å². The molecule has 1 fully saturated rings. The van der Waals surface area contributed by atoms with Crippen molar-refractivity contribution in [3.05, 3.63) is 71.1 Å². The lowest BCUT2D eigenvalue weighted by atomic mass is 9.86. The van der Waals surface area contributed by atoms with Gasteiger partial charge in [0.15, 0.2) is 0 Å². The summed E-state index contributed by atoms with van der Waals surface area (Å²) < 4.78 is 19.1. The van der Waals surface area contributed by atoms with E-state index in [4.69, 9.17) is 14.9 Å². The second kappa shape index (κ2) is 12.9. The first-order valence-corrected chi connectivity index (χ1v) is 13.1. The van der Waals surface area contributed by atoms with Crippen LogP contribution in [0.3, 0.4) is 0 Å². The maximum atomic E-state index is 13.7. The first-order valence-electron chi connectivity index (χ1n) is 13.1. The maximum Gasteiger partial charge on any atom is 0.328 e. The van der Waals surface area contributed by atoms with Crippen molar-refractivity contribution >= 4 is 23.5 Å². The average Bonchev–Trinajstić information content (AvgIpc) is 3.24. The van der Waals surface area contributed by atoms with Crippen LogP contribution in [0.15, 0.2) is 48.6 Å². The van der Waals surface area contributed by atoms with Gasteiger partial charge in [-0.1, -0.05) is 6.07 Å².